The molecule has 0 fully saturated rings. The molecule has 1 atom stereocenters. The second-order valence-corrected chi connectivity index (χ2v) is 4.42. The topological polar surface area (TPSA) is 109 Å². The summed E-state index contributed by atoms with van der Waals surface area (Å²) in [6.07, 6.45) is 0. The van der Waals surface area contributed by atoms with Crippen LogP contribution in [0, 0.1) is 0 Å². The van der Waals surface area contributed by atoms with Gasteiger partial charge >= 0.3 is 0 Å². The molecule has 0 bridgehead atoms. The van der Waals surface area contributed by atoms with Gasteiger partial charge in [0.1, 0.15) is 18.4 Å². The molecule has 0 saturated carbocycles. The average molecular weight is 291 g/mol. The van der Waals surface area contributed by atoms with Crippen LogP contribution >= 0.6 is 0 Å². The Hall–Kier alpha value is -2.77. The average Bonchev–Trinajstić information content (AvgIpc) is 2.60. The number of carbonyl (C=O) groups excluding carboxylic acids is 2. The van der Waals surface area contributed by atoms with Crippen molar-refractivity contribution in [3.05, 3.63) is 24.3 Å². The zero-order valence-electron chi connectivity index (χ0n) is 11.8. The predicted molar refractivity (Wildman–Crippen MR) is 78.0 cm³/mol. The number of carbonyl (C=O) groups is 2. The van der Waals surface area contributed by atoms with Crippen molar-refractivity contribution in [3.63, 3.8) is 0 Å². The molecule has 1 aromatic rings. The van der Waals surface area contributed by atoms with Crippen LogP contribution in [0.2, 0.25) is 0 Å². The van der Waals surface area contributed by atoms with Gasteiger partial charge in [-0.25, -0.2) is 0 Å². The molecule has 8 nitrogen and oxygen atoms in total. The summed E-state index contributed by atoms with van der Waals surface area (Å²) in [5.41, 5.74) is 8.51. The summed E-state index contributed by atoms with van der Waals surface area (Å²) in [6, 6.07) is 6.32. The number of ether oxygens (including phenoxy) is 1. The first-order valence-corrected chi connectivity index (χ1v) is 6.34. The molecule has 21 heavy (non-hydrogen) atoms. The molecular weight excluding hydrogens is 274 g/mol. The van der Waals surface area contributed by atoms with Gasteiger partial charge in [-0.05, 0) is 12.1 Å². The standard InChI is InChI=1S/C13H17N5O3/c1-15-17-11(14)12(19)16-8-7-21-10-6-4-3-5-9(10)18(2)13(8)20/h3-6,8,15H,7H2,1-2H3,(H2,14,17)(H,16,19). The molecule has 8 heteroatoms. The number of nitrogens with two attached hydrogens (primary N) is 1. The maximum atomic E-state index is 12.4. The Bertz CT molecular complexity index is 587. The third kappa shape index (κ3) is 3.04. The van der Waals surface area contributed by atoms with Gasteiger partial charge in [-0.2, -0.15) is 5.10 Å². The molecule has 0 spiro atoms. The monoisotopic (exact) mass is 291 g/mol. The van der Waals surface area contributed by atoms with Crippen LogP contribution in [0.3, 0.4) is 0 Å². The van der Waals surface area contributed by atoms with Crippen molar-refractivity contribution in [1.29, 1.82) is 0 Å². The largest absolute Gasteiger partial charge is 0.489 e. The normalized spacial score (nSPS) is 18.4. The van der Waals surface area contributed by atoms with E-state index in [0.717, 1.165) is 0 Å². The summed E-state index contributed by atoms with van der Waals surface area (Å²) >= 11 is 0. The molecule has 4 N–H and O–H groups in total. The van der Waals surface area contributed by atoms with Crippen molar-refractivity contribution in [2.24, 2.45) is 10.8 Å². The van der Waals surface area contributed by atoms with Crippen LogP contribution in [0.4, 0.5) is 5.69 Å². The van der Waals surface area contributed by atoms with E-state index in [0.29, 0.717) is 11.4 Å². The number of fused-ring (bicyclic) bond motifs is 1. The van der Waals surface area contributed by atoms with Gasteiger partial charge in [0, 0.05) is 14.1 Å². The zero-order valence-corrected chi connectivity index (χ0v) is 11.8. The van der Waals surface area contributed by atoms with Crippen molar-refractivity contribution in [1.82, 2.24) is 10.7 Å². The number of likely N-dealkylation sites (N-methyl/N-ethyl adjacent to an activating group) is 1. The Morgan fingerprint density at radius 3 is 2.90 bits per heavy atom. The van der Waals surface area contributed by atoms with Gasteiger partial charge in [0.2, 0.25) is 5.84 Å². The van der Waals surface area contributed by atoms with Gasteiger partial charge in [-0.3, -0.25) is 9.59 Å². The van der Waals surface area contributed by atoms with E-state index in [1.807, 2.05) is 12.1 Å². The minimum absolute atomic E-state index is 0.0265. The van der Waals surface area contributed by atoms with Crippen LogP contribution in [0.1, 0.15) is 0 Å². The lowest BCUT2D eigenvalue weighted by Crippen LogP contribution is -2.52. The highest BCUT2D eigenvalue weighted by atomic mass is 16.5. The molecule has 1 aliphatic rings. The van der Waals surface area contributed by atoms with E-state index in [1.165, 1.54) is 11.9 Å². The highest BCUT2D eigenvalue weighted by Gasteiger charge is 2.30. The van der Waals surface area contributed by atoms with Crippen molar-refractivity contribution < 1.29 is 14.3 Å². The lowest BCUT2D eigenvalue weighted by Gasteiger charge is -2.20. The van der Waals surface area contributed by atoms with E-state index in [1.54, 1.807) is 19.2 Å². The van der Waals surface area contributed by atoms with Crippen molar-refractivity contribution in [3.8, 4) is 5.75 Å². The molecule has 1 aliphatic heterocycles. The summed E-state index contributed by atoms with van der Waals surface area (Å²) in [7, 11) is 3.14. The Balaban J connectivity index is 2.16. The molecule has 112 valence electrons. The van der Waals surface area contributed by atoms with Crippen molar-refractivity contribution in [2.45, 2.75) is 6.04 Å². The maximum Gasteiger partial charge on any atom is 0.289 e. The van der Waals surface area contributed by atoms with Crippen LogP contribution in [0.15, 0.2) is 29.4 Å². The second-order valence-electron chi connectivity index (χ2n) is 4.42. The quantitative estimate of drug-likeness (QED) is 0.368. The Morgan fingerprint density at radius 2 is 2.19 bits per heavy atom. The summed E-state index contributed by atoms with van der Waals surface area (Å²) in [4.78, 5) is 25.6. The zero-order chi connectivity index (χ0) is 15.4. The fraction of sp³-hybridized carbons (Fsp3) is 0.308. The van der Waals surface area contributed by atoms with E-state index >= 15 is 0 Å². The fourth-order valence-corrected chi connectivity index (χ4v) is 1.96. The van der Waals surface area contributed by atoms with E-state index in [2.05, 4.69) is 15.8 Å². The first-order valence-electron chi connectivity index (χ1n) is 6.34. The van der Waals surface area contributed by atoms with Gasteiger partial charge < -0.3 is 26.1 Å². The lowest BCUT2D eigenvalue weighted by atomic mass is 10.2. The maximum absolute atomic E-state index is 12.4. The number of hydrogen-bond donors (Lipinski definition) is 3. The van der Waals surface area contributed by atoms with Gasteiger partial charge in [0.05, 0.1) is 5.69 Å². The Morgan fingerprint density at radius 1 is 1.48 bits per heavy atom. The molecule has 0 aromatic heterocycles. The van der Waals surface area contributed by atoms with Crippen LogP contribution in [-0.2, 0) is 9.59 Å². The molecule has 1 unspecified atom stereocenters. The lowest BCUT2D eigenvalue weighted by molar-refractivity contribution is -0.124. The van der Waals surface area contributed by atoms with Crippen LogP contribution < -0.4 is 26.1 Å². The number of anilines is 1. The number of para-hydroxylation sites is 2. The summed E-state index contributed by atoms with van der Waals surface area (Å²) in [5.74, 6) is -0.590. The van der Waals surface area contributed by atoms with Gasteiger partial charge in [0.15, 0.2) is 0 Å². The first kappa shape index (κ1) is 14.6. The number of nitrogens with zero attached hydrogens (tertiary/aromatic N) is 2. The number of rotatable bonds is 2. The van der Waals surface area contributed by atoms with Crippen LogP contribution in [-0.4, -0.2) is 44.4 Å². The van der Waals surface area contributed by atoms with Gasteiger partial charge in [0.25, 0.3) is 11.8 Å². The van der Waals surface area contributed by atoms with E-state index < -0.39 is 11.9 Å². The number of hydrazone groups is 1. The fourth-order valence-electron chi connectivity index (χ4n) is 1.96. The van der Waals surface area contributed by atoms with Crippen molar-refractivity contribution >= 4 is 23.3 Å². The smallest absolute Gasteiger partial charge is 0.289 e. The minimum Gasteiger partial charge on any atom is -0.489 e. The first-order chi connectivity index (χ1) is 10.0. The number of hydrogen-bond acceptors (Lipinski definition) is 5. The summed E-state index contributed by atoms with van der Waals surface area (Å²) in [5, 5.41) is 6.07. The van der Waals surface area contributed by atoms with Gasteiger partial charge in [-0.1, -0.05) is 12.1 Å². The third-order valence-electron chi connectivity index (χ3n) is 3.03. The highest BCUT2D eigenvalue weighted by Crippen LogP contribution is 2.29. The number of benzene rings is 1. The number of amides is 2. The number of amidine groups is 1. The predicted octanol–water partition coefficient (Wildman–Crippen LogP) is -0.982. The molecule has 1 aromatic carbocycles. The Kier molecular flexibility index (Phi) is 4.27. The third-order valence-corrected chi connectivity index (χ3v) is 3.03. The van der Waals surface area contributed by atoms with E-state index in [9.17, 15) is 9.59 Å². The second kappa shape index (κ2) is 6.12. The Labute approximate surface area is 121 Å². The van der Waals surface area contributed by atoms with E-state index in [4.69, 9.17) is 10.5 Å². The number of nitrogens with one attached hydrogen (secondary N) is 2. The van der Waals surface area contributed by atoms with E-state index in [-0.39, 0.29) is 18.3 Å². The highest BCUT2D eigenvalue weighted by molar-refractivity contribution is 6.37. The van der Waals surface area contributed by atoms with Crippen LogP contribution in [0.5, 0.6) is 5.75 Å². The molecule has 0 saturated heterocycles. The molecular formula is C13H17N5O3. The minimum atomic E-state index is -0.833. The summed E-state index contributed by atoms with van der Waals surface area (Å²) < 4.78 is 5.57. The molecule has 1 heterocycles. The van der Waals surface area contributed by atoms with Gasteiger partial charge in [-0.15, -0.1) is 0 Å². The van der Waals surface area contributed by atoms with Crippen molar-refractivity contribution in [2.75, 3.05) is 25.6 Å². The molecule has 2 amide bonds. The molecule has 0 aliphatic carbocycles. The summed E-state index contributed by atoms with van der Waals surface area (Å²) in [6.45, 7) is 0.0265. The van der Waals surface area contributed by atoms with Crippen LogP contribution in [0.25, 0.3) is 0 Å². The molecule has 2 rings (SSSR count). The SMILES string of the molecule is CNN=C(N)C(=O)NC1COc2ccccc2N(C)C1=O. The molecule has 0 radical (unpaired) electrons.